The maximum atomic E-state index is 12.4. The first-order valence-corrected chi connectivity index (χ1v) is 8.33. The average molecular weight is 328 g/mol. The molecule has 1 aromatic carbocycles. The fourth-order valence-electron chi connectivity index (χ4n) is 2.82. The summed E-state index contributed by atoms with van der Waals surface area (Å²) in [5, 5.41) is 9.39. The van der Waals surface area contributed by atoms with Crippen LogP contribution in [0.3, 0.4) is 0 Å². The van der Waals surface area contributed by atoms with Crippen LogP contribution in [0.1, 0.15) is 5.69 Å². The molecular weight excluding hydrogens is 312 g/mol. The minimum absolute atomic E-state index is 0.00173. The number of rotatable bonds is 3. The van der Waals surface area contributed by atoms with Crippen molar-refractivity contribution < 1.29 is 9.90 Å². The summed E-state index contributed by atoms with van der Waals surface area (Å²) in [4.78, 5) is 24.1. The Morgan fingerprint density at radius 2 is 2.17 bits per heavy atom. The Hall–Kier alpha value is -2.25. The van der Waals surface area contributed by atoms with Crippen molar-refractivity contribution in [1.82, 2.24) is 19.4 Å². The molecule has 0 aliphatic carbocycles. The molecule has 2 aromatic heterocycles. The molecule has 1 fully saturated rings. The molecule has 23 heavy (non-hydrogen) atoms. The molecule has 4 rings (SSSR count). The molecule has 3 aromatic rings. The van der Waals surface area contributed by atoms with Gasteiger partial charge in [0, 0.05) is 13.1 Å². The number of carbonyl (C=O) groups excluding carboxylic acids is 1. The summed E-state index contributed by atoms with van der Waals surface area (Å²) < 4.78 is 1.95. The van der Waals surface area contributed by atoms with Gasteiger partial charge in [0.15, 0.2) is 5.82 Å². The van der Waals surface area contributed by atoms with Crippen LogP contribution in [0, 0.1) is 6.92 Å². The Bertz CT molecular complexity index is 879. The third-order valence-electron chi connectivity index (χ3n) is 4.11. The molecule has 1 amide bonds. The highest BCUT2D eigenvalue weighted by Gasteiger charge is 2.29. The number of benzene rings is 1. The first kappa shape index (κ1) is 14.3. The van der Waals surface area contributed by atoms with Crippen LogP contribution in [-0.2, 0) is 11.3 Å². The van der Waals surface area contributed by atoms with E-state index in [1.807, 2.05) is 35.8 Å². The Morgan fingerprint density at radius 1 is 1.39 bits per heavy atom. The van der Waals surface area contributed by atoms with E-state index in [2.05, 4.69) is 4.98 Å². The molecule has 6 nitrogen and oxygen atoms in total. The number of thiazole rings is 1. The number of likely N-dealkylation sites (tertiary alicyclic amines) is 1. The smallest absolute Gasteiger partial charge is 0.242 e. The summed E-state index contributed by atoms with van der Waals surface area (Å²) in [7, 11) is 0. The average Bonchev–Trinajstić information content (AvgIpc) is 3.08. The second kappa shape index (κ2) is 5.43. The number of β-amino-alcohol motifs (C(OH)–C–C–N with tert-alkyl or cyclic N) is 1. The van der Waals surface area contributed by atoms with Gasteiger partial charge >= 0.3 is 0 Å². The number of nitrogens with zero attached hydrogens (tertiary/aromatic N) is 4. The molecular formula is C16H16N4O2S. The maximum Gasteiger partial charge on any atom is 0.242 e. The van der Waals surface area contributed by atoms with Crippen LogP contribution in [0.4, 0.5) is 0 Å². The number of amides is 1. The van der Waals surface area contributed by atoms with Crippen molar-refractivity contribution >= 4 is 28.3 Å². The van der Waals surface area contributed by atoms with E-state index in [0.717, 1.165) is 27.4 Å². The first-order chi connectivity index (χ1) is 11.1. The van der Waals surface area contributed by atoms with Crippen LogP contribution in [0.25, 0.3) is 21.7 Å². The van der Waals surface area contributed by atoms with Gasteiger partial charge in [0.05, 0.1) is 33.2 Å². The Kier molecular flexibility index (Phi) is 3.39. The van der Waals surface area contributed by atoms with Crippen molar-refractivity contribution in [2.24, 2.45) is 0 Å². The maximum absolute atomic E-state index is 12.4. The Morgan fingerprint density at radius 3 is 2.87 bits per heavy atom. The zero-order valence-corrected chi connectivity index (χ0v) is 13.5. The van der Waals surface area contributed by atoms with Gasteiger partial charge in [0.2, 0.25) is 5.91 Å². The molecule has 0 radical (unpaired) electrons. The van der Waals surface area contributed by atoms with E-state index >= 15 is 0 Å². The molecule has 3 heterocycles. The SMILES string of the molecule is Cc1ncsc1-c1nc2ccccc2n1CC(=O)N1CC(O)C1. The topological polar surface area (TPSA) is 71.2 Å². The number of imidazole rings is 1. The van der Waals surface area contributed by atoms with Gasteiger partial charge in [-0.15, -0.1) is 11.3 Å². The van der Waals surface area contributed by atoms with Crippen molar-refractivity contribution in [2.45, 2.75) is 19.6 Å². The molecule has 0 unspecified atom stereocenters. The number of aromatic nitrogens is 3. The zero-order valence-electron chi connectivity index (χ0n) is 12.6. The summed E-state index contributed by atoms with van der Waals surface area (Å²) in [6, 6.07) is 7.81. The third kappa shape index (κ3) is 2.42. The van der Waals surface area contributed by atoms with Crippen LogP contribution < -0.4 is 0 Å². The Balaban J connectivity index is 1.77. The van der Waals surface area contributed by atoms with E-state index < -0.39 is 0 Å². The standard InChI is InChI=1S/C16H16N4O2S/c1-10-15(23-9-17-10)16-18-12-4-2-3-5-13(12)20(16)8-14(22)19-6-11(21)7-19/h2-5,9,11,21H,6-8H2,1H3. The van der Waals surface area contributed by atoms with Gasteiger partial charge in [-0.2, -0.15) is 0 Å². The van der Waals surface area contributed by atoms with E-state index in [4.69, 9.17) is 4.98 Å². The van der Waals surface area contributed by atoms with Crippen molar-refractivity contribution in [3.8, 4) is 10.7 Å². The highest BCUT2D eigenvalue weighted by molar-refractivity contribution is 7.13. The minimum atomic E-state index is -0.387. The minimum Gasteiger partial charge on any atom is -0.389 e. The van der Waals surface area contributed by atoms with Gasteiger partial charge in [-0.1, -0.05) is 12.1 Å². The van der Waals surface area contributed by atoms with Gasteiger partial charge in [-0.25, -0.2) is 9.97 Å². The fourth-order valence-corrected chi connectivity index (χ4v) is 3.62. The summed E-state index contributed by atoms with van der Waals surface area (Å²) in [6.07, 6.45) is -0.387. The van der Waals surface area contributed by atoms with E-state index in [9.17, 15) is 9.90 Å². The molecule has 1 aliphatic rings. The second-order valence-electron chi connectivity index (χ2n) is 5.73. The lowest BCUT2D eigenvalue weighted by Gasteiger charge is -2.36. The predicted octanol–water partition coefficient (Wildman–Crippen LogP) is 1.67. The first-order valence-electron chi connectivity index (χ1n) is 7.45. The van der Waals surface area contributed by atoms with Crippen LogP contribution in [0.2, 0.25) is 0 Å². The third-order valence-corrected chi connectivity index (χ3v) is 5.04. The zero-order chi connectivity index (χ0) is 16.0. The van der Waals surface area contributed by atoms with Crippen molar-refractivity contribution in [3.63, 3.8) is 0 Å². The molecule has 1 N–H and O–H groups in total. The normalized spacial score (nSPS) is 15.1. The van der Waals surface area contributed by atoms with Gasteiger partial charge < -0.3 is 14.6 Å². The highest BCUT2D eigenvalue weighted by Crippen LogP contribution is 2.30. The summed E-state index contributed by atoms with van der Waals surface area (Å²) >= 11 is 1.53. The molecule has 0 bridgehead atoms. The fraction of sp³-hybridized carbons (Fsp3) is 0.312. The van der Waals surface area contributed by atoms with Gasteiger partial charge in [-0.3, -0.25) is 4.79 Å². The van der Waals surface area contributed by atoms with Crippen LogP contribution in [-0.4, -0.2) is 49.6 Å². The second-order valence-corrected chi connectivity index (χ2v) is 6.58. The molecule has 1 saturated heterocycles. The Labute approximate surface area is 137 Å². The number of aliphatic hydroxyl groups is 1. The number of hydrogen-bond donors (Lipinski definition) is 1. The quantitative estimate of drug-likeness (QED) is 0.794. The van der Waals surface area contributed by atoms with E-state index in [1.165, 1.54) is 11.3 Å². The predicted molar refractivity (Wildman–Crippen MR) is 88.2 cm³/mol. The number of aryl methyl sites for hydroxylation is 1. The summed E-state index contributed by atoms with van der Waals surface area (Å²) in [5.74, 6) is 0.780. The lowest BCUT2D eigenvalue weighted by atomic mass is 10.1. The van der Waals surface area contributed by atoms with Crippen molar-refractivity contribution in [3.05, 3.63) is 35.5 Å². The van der Waals surface area contributed by atoms with E-state index in [1.54, 1.807) is 10.4 Å². The lowest BCUT2D eigenvalue weighted by molar-refractivity contribution is -0.141. The molecule has 0 saturated carbocycles. The van der Waals surface area contributed by atoms with Crippen LogP contribution in [0.15, 0.2) is 29.8 Å². The van der Waals surface area contributed by atoms with Crippen molar-refractivity contribution in [2.75, 3.05) is 13.1 Å². The van der Waals surface area contributed by atoms with E-state index in [-0.39, 0.29) is 18.6 Å². The van der Waals surface area contributed by atoms with Gasteiger partial charge in [-0.05, 0) is 19.1 Å². The molecule has 1 aliphatic heterocycles. The number of aliphatic hydroxyl groups excluding tert-OH is 1. The largest absolute Gasteiger partial charge is 0.389 e. The van der Waals surface area contributed by atoms with Crippen molar-refractivity contribution in [1.29, 1.82) is 0 Å². The summed E-state index contributed by atoms with van der Waals surface area (Å²) in [6.45, 7) is 3.00. The number of carbonyl (C=O) groups is 1. The molecule has 0 spiro atoms. The molecule has 118 valence electrons. The molecule has 0 atom stereocenters. The number of para-hydroxylation sites is 2. The van der Waals surface area contributed by atoms with Crippen LogP contribution in [0.5, 0.6) is 0 Å². The molecule has 7 heteroatoms. The summed E-state index contributed by atoms with van der Waals surface area (Å²) in [5.41, 5.74) is 4.51. The number of hydrogen-bond acceptors (Lipinski definition) is 5. The van der Waals surface area contributed by atoms with Gasteiger partial charge in [0.1, 0.15) is 6.54 Å². The van der Waals surface area contributed by atoms with Crippen LogP contribution >= 0.6 is 11.3 Å². The van der Waals surface area contributed by atoms with Gasteiger partial charge in [0.25, 0.3) is 0 Å². The monoisotopic (exact) mass is 328 g/mol. The lowest BCUT2D eigenvalue weighted by Crippen LogP contribution is -2.54. The highest BCUT2D eigenvalue weighted by atomic mass is 32.1. The van der Waals surface area contributed by atoms with E-state index in [0.29, 0.717) is 13.1 Å². The number of fused-ring (bicyclic) bond motifs is 1.